The number of aromatic nitrogens is 2. The van der Waals surface area contributed by atoms with Crippen LogP contribution in [-0.4, -0.2) is 22.2 Å². The summed E-state index contributed by atoms with van der Waals surface area (Å²) in [6, 6.07) is 0. The molecule has 1 aromatic rings. The van der Waals surface area contributed by atoms with Crippen molar-refractivity contribution in [2.75, 3.05) is 11.9 Å². The SMILES string of the molecule is Cc1nn(C)c(C)c1NC(=O)C1(CN)CCC(C)CC1. The summed E-state index contributed by atoms with van der Waals surface area (Å²) >= 11 is 0. The standard InChI is InChI=1S/C15H26N4O/c1-10-5-7-15(9-16,8-6-10)14(20)17-13-11(2)18-19(4)12(13)3/h10H,5-9,16H2,1-4H3,(H,17,20). The van der Waals surface area contributed by atoms with E-state index in [-0.39, 0.29) is 5.91 Å². The van der Waals surface area contributed by atoms with Crippen LogP contribution in [0.3, 0.4) is 0 Å². The van der Waals surface area contributed by atoms with Crippen LogP contribution in [0.4, 0.5) is 5.69 Å². The van der Waals surface area contributed by atoms with Crippen LogP contribution in [0, 0.1) is 25.2 Å². The van der Waals surface area contributed by atoms with Crippen molar-refractivity contribution in [2.24, 2.45) is 24.1 Å². The Labute approximate surface area is 120 Å². The first-order valence-electron chi connectivity index (χ1n) is 7.41. The van der Waals surface area contributed by atoms with Gasteiger partial charge >= 0.3 is 0 Å². The second-order valence-electron chi connectivity index (χ2n) is 6.29. The van der Waals surface area contributed by atoms with E-state index in [2.05, 4.69) is 17.3 Å². The Morgan fingerprint density at radius 2 is 2.05 bits per heavy atom. The van der Waals surface area contributed by atoms with Crippen LogP contribution in [0.25, 0.3) is 0 Å². The van der Waals surface area contributed by atoms with Crippen LogP contribution in [0.1, 0.15) is 44.0 Å². The smallest absolute Gasteiger partial charge is 0.231 e. The van der Waals surface area contributed by atoms with Gasteiger partial charge in [0, 0.05) is 13.6 Å². The monoisotopic (exact) mass is 278 g/mol. The lowest BCUT2D eigenvalue weighted by atomic mass is 9.70. The Kier molecular flexibility index (Phi) is 4.18. The number of hydrogen-bond acceptors (Lipinski definition) is 3. The summed E-state index contributed by atoms with van der Waals surface area (Å²) in [5, 5.41) is 7.41. The normalized spacial score (nSPS) is 26.6. The van der Waals surface area contributed by atoms with Gasteiger partial charge in [0.1, 0.15) is 0 Å². The van der Waals surface area contributed by atoms with Crippen molar-refractivity contribution in [2.45, 2.75) is 46.5 Å². The van der Waals surface area contributed by atoms with E-state index in [1.165, 1.54) is 0 Å². The fourth-order valence-corrected chi connectivity index (χ4v) is 3.04. The largest absolute Gasteiger partial charge is 0.329 e. The molecule has 1 aliphatic rings. The van der Waals surface area contributed by atoms with Crippen LogP contribution in [0.5, 0.6) is 0 Å². The van der Waals surface area contributed by atoms with E-state index in [0.29, 0.717) is 12.5 Å². The number of rotatable bonds is 3. The molecule has 5 heteroatoms. The molecule has 0 aliphatic heterocycles. The van der Waals surface area contributed by atoms with Crippen LogP contribution in [0.15, 0.2) is 0 Å². The maximum absolute atomic E-state index is 12.7. The number of nitrogens with one attached hydrogen (secondary N) is 1. The van der Waals surface area contributed by atoms with Crippen LogP contribution in [0.2, 0.25) is 0 Å². The van der Waals surface area contributed by atoms with Crippen LogP contribution in [-0.2, 0) is 11.8 Å². The predicted molar refractivity (Wildman–Crippen MR) is 80.4 cm³/mol. The van der Waals surface area contributed by atoms with Gasteiger partial charge in [0.2, 0.25) is 5.91 Å². The number of anilines is 1. The molecule has 0 radical (unpaired) electrons. The zero-order chi connectivity index (χ0) is 14.9. The van der Waals surface area contributed by atoms with E-state index < -0.39 is 5.41 Å². The summed E-state index contributed by atoms with van der Waals surface area (Å²) in [5.74, 6) is 0.760. The maximum Gasteiger partial charge on any atom is 0.231 e. The van der Waals surface area contributed by atoms with Gasteiger partial charge in [-0.3, -0.25) is 9.48 Å². The molecule has 0 aromatic carbocycles. The van der Waals surface area contributed by atoms with E-state index in [9.17, 15) is 4.79 Å². The molecule has 0 atom stereocenters. The molecule has 5 nitrogen and oxygen atoms in total. The third-order valence-corrected chi connectivity index (χ3v) is 4.85. The summed E-state index contributed by atoms with van der Waals surface area (Å²) in [5.41, 5.74) is 8.21. The molecule has 1 amide bonds. The summed E-state index contributed by atoms with van der Waals surface area (Å²) in [6.07, 6.45) is 3.93. The summed E-state index contributed by atoms with van der Waals surface area (Å²) in [6.45, 7) is 6.55. The minimum atomic E-state index is -0.402. The molecule has 1 aromatic heterocycles. The number of carbonyl (C=O) groups is 1. The Morgan fingerprint density at radius 3 is 2.50 bits per heavy atom. The zero-order valence-electron chi connectivity index (χ0n) is 13.0. The first kappa shape index (κ1) is 15.0. The van der Waals surface area contributed by atoms with E-state index >= 15 is 0 Å². The Hall–Kier alpha value is -1.36. The van der Waals surface area contributed by atoms with Gasteiger partial charge in [-0.15, -0.1) is 0 Å². The molecule has 3 N–H and O–H groups in total. The highest BCUT2D eigenvalue weighted by Gasteiger charge is 2.40. The molecule has 1 fully saturated rings. The van der Waals surface area contributed by atoms with Crippen molar-refractivity contribution in [1.82, 2.24) is 9.78 Å². The quantitative estimate of drug-likeness (QED) is 0.889. The summed E-state index contributed by atoms with van der Waals surface area (Å²) in [7, 11) is 1.89. The summed E-state index contributed by atoms with van der Waals surface area (Å²) < 4.78 is 1.79. The number of hydrogen-bond donors (Lipinski definition) is 2. The van der Waals surface area contributed by atoms with Crippen LogP contribution < -0.4 is 11.1 Å². The molecule has 0 saturated heterocycles. The fraction of sp³-hybridized carbons (Fsp3) is 0.733. The van der Waals surface area contributed by atoms with Crippen molar-refractivity contribution in [1.29, 1.82) is 0 Å². The van der Waals surface area contributed by atoms with Crippen molar-refractivity contribution in [3.05, 3.63) is 11.4 Å². The molecule has 0 unspecified atom stereocenters. The van der Waals surface area contributed by atoms with E-state index in [1.54, 1.807) is 4.68 Å². The Balaban J connectivity index is 2.18. The maximum atomic E-state index is 12.7. The zero-order valence-corrected chi connectivity index (χ0v) is 13.0. The van der Waals surface area contributed by atoms with Crippen LogP contribution >= 0.6 is 0 Å². The lowest BCUT2D eigenvalue weighted by Gasteiger charge is -2.37. The number of nitrogens with zero attached hydrogens (tertiary/aromatic N) is 2. The van der Waals surface area contributed by atoms with E-state index in [0.717, 1.165) is 42.8 Å². The first-order valence-corrected chi connectivity index (χ1v) is 7.41. The molecule has 112 valence electrons. The van der Waals surface area contributed by atoms with Crippen molar-refractivity contribution >= 4 is 11.6 Å². The highest BCUT2D eigenvalue weighted by Crippen LogP contribution is 2.39. The topological polar surface area (TPSA) is 72.9 Å². The molecule has 1 saturated carbocycles. The van der Waals surface area contributed by atoms with Gasteiger partial charge < -0.3 is 11.1 Å². The highest BCUT2D eigenvalue weighted by molar-refractivity contribution is 5.96. The van der Waals surface area contributed by atoms with Gasteiger partial charge in [0.15, 0.2) is 0 Å². The lowest BCUT2D eigenvalue weighted by molar-refractivity contribution is -0.127. The van der Waals surface area contributed by atoms with Gasteiger partial charge in [0.05, 0.1) is 22.5 Å². The van der Waals surface area contributed by atoms with E-state index in [4.69, 9.17) is 5.73 Å². The first-order chi connectivity index (χ1) is 9.39. The molecule has 0 spiro atoms. The third kappa shape index (κ3) is 2.59. The molecular formula is C15H26N4O. The second kappa shape index (κ2) is 5.56. The van der Waals surface area contributed by atoms with Crippen molar-refractivity contribution in [3.8, 4) is 0 Å². The second-order valence-corrected chi connectivity index (χ2v) is 6.29. The average molecular weight is 278 g/mol. The Bertz CT molecular complexity index is 498. The number of nitrogens with two attached hydrogens (primary N) is 1. The average Bonchev–Trinajstić information content (AvgIpc) is 2.66. The van der Waals surface area contributed by atoms with Crippen molar-refractivity contribution in [3.63, 3.8) is 0 Å². The third-order valence-electron chi connectivity index (χ3n) is 4.85. The molecule has 0 bridgehead atoms. The number of carbonyl (C=O) groups excluding carboxylic acids is 1. The molecule has 1 aliphatic carbocycles. The fourth-order valence-electron chi connectivity index (χ4n) is 3.04. The predicted octanol–water partition coefficient (Wildman–Crippen LogP) is 2.13. The lowest BCUT2D eigenvalue weighted by Crippen LogP contribution is -2.45. The van der Waals surface area contributed by atoms with Gasteiger partial charge in [-0.25, -0.2) is 0 Å². The molecule has 20 heavy (non-hydrogen) atoms. The molecular weight excluding hydrogens is 252 g/mol. The minimum Gasteiger partial charge on any atom is -0.329 e. The summed E-state index contributed by atoms with van der Waals surface area (Å²) in [4.78, 5) is 12.7. The van der Waals surface area contributed by atoms with Gasteiger partial charge in [-0.2, -0.15) is 5.10 Å². The van der Waals surface area contributed by atoms with Gasteiger partial charge in [0.25, 0.3) is 0 Å². The minimum absolute atomic E-state index is 0.0612. The van der Waals surface area contributed by atoms with E-state index in [1.807, 2.05) is 20.9 Å². The number of aryl methyl sites for hydroxylation is 2. The Morgan fingerprint density at radius 1 is 1.45 bits per heavy atom. The van der Waals surface area contributed by atoms with Gasteiger partial charge in [-0.05, 0) is 45.4 Å². The van der Waals surface area contributed by atoms with Crippen molar-refractivity contribution < 1.29 is 4.79 Å². The molecule has 1 heterocycles. The molecule has 2 rings (SSSR count). The van der Waals surface area contributed by atoms with Gasteiger partial charge in [-0.1, -0.05) is 6.92 Å². The number of amides is 1. The highest BCUT2D eigenvalue weighted by atomic mass is 16.2.